The van der Waals surface area contributed by atoms with Crippen LogP contribution in [-0.4, -0.2) is 49.1 Å². The van der Waals surface area contributed by atoms with Gasteiger partial charge in [0.2, 0.25) is 0 Å². The number of carbonyl (C=O) groups excluding carboxylic acids is 1. The lowest BCUT2D eigenvalue weighted by Gasteiger charge is -2.20. The Hall–Kier alpha value is -3.29. The van der Waals surface area contributed by atoms with Crippen molar-refractivity contribution >= 4 is 23.0 Å². The van der Waals surface area contributed by atoms with Crippen LogP contribution in [0, 0.1) is 5.82 Å². The molecule has 0 spiro atoms. The van der Waals surface area contributed by atoms with Crippen LogP contribution in [0.25, 0.3) is 11.1 Å². The summed E-state index contributed by atoms with van der Waals surface area (Å²) in [5.74, 6) is 0.317. The zero-order chi connectivity index (χ0) is 19.7. The number of halogens is 1. The fraction of sp³-hybridized carbons (Fsp3) is 0.300. The summed E-state index contributed by atoms with van der Waals surface area (Å²) in [4.78, 5) is 19.0. The molecule has 7 nitrogen and oxygen atoms in total. The zero-order valence-electron chi connectivity index (χ0n) is 15.6. The maximum Gasteiger partial charge on any atom is 0.296 e. The molecular weight excluding hydrogens is 365 g/mol. The highest BCUT2D eigenvalue weighted by atomic mass is 19.1. The molecule has 1 aromatic heterocycles. The zero-order valence-corrected chi connectivity index (χ0v) is 15.6. The Labute approximate surface area is 161 Å². The van der Waals surface area contributed by atoms with Crippen molar-refractivity contribution in [2.75, 3.05) is 32.6 Å². The van der Waals surface area contributed by atoms with E-state index in [-0.39, 0.29) is 23.5 Å². The lowest BCUT2D eigenvalue weighted by molar-refractivity contribution is 0.0784. The quantitative estimate of drug-likeness (QED) is 0.726. The first-order valence-corrected chi connectivity index (χ1v) is 8.92. The van der Waals surface area contributed by atoms with Crippen molar-refractivity contribution in [3.63, 3.8) is 0 Å². The fourth-order valence-corrected chi connectivity index (χ4v) is 3.43. The predicted molar refractivity (Wildman–Crippen MR) is 101 cm³/mol. The van der Waals surface area contributed by atoms with Gasteiger partial charge in [0, 0.05) is 19.1 Å². The van der Waals surface area contributed by atoms with Gasteiger partial charge in [-0.05, 0) is 30.7 Å². The van der Waals surface area contributed by atoms with Gasteiger partial charge >= 0.3 is 0 Å². The molecule has 1 aliphatic heterocycles. The number of oxazole rings is 1. The van der Waals surface area contributed by atoms with E-state index in [0.29, 0.717) is 42.1 Å². The van der Waals surface area contributed by atoms with Crippen LogP contribution in [0.4, 0.5) is 10.4 Å². The standard InChI is InChI=1S/C20H20FN3O4/c1-26-15-7-4-8-16(27-2)17(15)19(25)24-10-9-12(11-24)22-20-23-14-6-3-5-13(21)18(14)28-20/h3-8,12H,9-11H2,1-2H3,(H,22,23)/t12-/m1/s1. The largest absolute Gasteiger partial charge is 0.496 e. The summed E-state index contributed by atoms with van der Waals surface area (Å²) in [6.07, 6.45) is 0.713. The summed E-state index contributed by atoms with van der Waals surface area (Å²) >= 11 is 0. The van der Waals surface area contributed by atoms with Crippen molar-refractivity contribution in [1.29, 1.82) is 0 Å². The molecule has 0 radical (unpaired) electrons. The molecule has 0 saturated carbocycles. The third-order valence-electron chi connectivity index (χ3n) is 4.81. The normalized spacial score (nSPS) is 16.4. The molecule has 28 heavy (non-hydrogen) atoms. The van der Waals surface area contributed by atoms with E-state index in [0.717, 1.165) is 0 Å². The Balaban J connectivity index is 1.49. The molecule has 1 N–H and O–H groups in total. The fourth-order valence-electron chi connectivity index (χ4n) is 3.43. The Morgan fingerprint density at radius 1 is 1.21 bits per heavy atom. The first-order chi connectivity index (χ1) is 13.6. The van der Waals surface area contributed by atoms with Gasteiger partial charge in [-0.1, -0.05) is 12.1 Å². The van der Waals surface area contributed by atoms with E-state index in [4.69, 9.17) is 13.9 Å². The summed E-state index contributed by atoms with van der Waals surface area (Å²) in [5, 5.41) is 3.15. The van der Waals surface area contributed by atoms with Crippen LogP contribution in [0.1, 0.15) is 16.8 Å². The van der Waals surface area contributed by atoms with Gasteiger partial charge in [0.15, 0.2) is 11.4 Å². The highest BCUT2D eigenvalue weighted by molar-refractivity contribution is 6.00. The smallest absolute Gasteiger partial charge is 0.296 e. The van der Waals surface area contributed by atoms with Crippen molar-refractivity contribution < 1.29 is 23.1 Å². The molecule has 1 aliphatic rings. The molecular formula is C20H20FN3O4. The average molecular weight is 385 g/mol. The minimum atomic E-state index is -0.454. The Morgan fingerprint density at radius 3 is 2.61 bits per heavy atom. The maximum atomic E-state index is 13.8. The summed E-state index contributed by atoms with van der Waals surface area (Å²) in [5.41, 5.74) is 0.971. The second kappa shape index (κ2) is 7.38. The number of aromatic nitrogens is 1. The minimum absolute atomic E-state index is 0.0548. The third-order valence-corrected chi connectivity index (χ3v) is 4.81. The van der Waals surface area contributed by atoms with E-state index in [1.807, 2.05) is 0 Å². The molecule has 1 fully saturated rings. The van der Waals surface area contributed by atoms with E-state index in [9.17, 15) is 9.18 Å². The lowest BCUT2D eigenvalue weighted by atomic mass is 10.1. The van der Waals surface area contributed by atoms with E-state index in [2.05, 4.69) is 10.3 Å². The number of hydrogen-bond acceptors (Lipinski definition) is 6. The number of para-hydroxylation sites is 1. The van der Waals surface area contributed by atoms with Crippen LogP contribution in [0.2, 0.25) is 0 Å². The summed E-state index contributed by atoms with van der Waals surface area (Å²) in [7, 11) is 3.04. The molecule has 1 atom stereocenters. The number of nitrogens with one attached hydrogen (secondary N) is 1. The average Bonchev–Trinajstić information content (AvgIpc) is 3.34. The number of benzene rings is 2. The van der Waals surface area contributed by atoms with Crippen LogP contribution in [0.3, 0.4) is 0 Å². The minimum Gasteiger partial charge on any atom is -0.496 e. The molecule has 0 aliphatic carbocycles. The second-order valence-corrected chi connectivity index (χ2v) is 6.53. The summed E-state index contributed by atoms with van der Waals surface area (Å²) in [6.45, 7) is 1.02. The number of carbonyl (C=O) groups is 1. The van der Waals surface area contributed by atoms with Crippen molar-refractivity contribution in [2.24, 2.45) is 0 Å². The third kappa shape index (κ3) is 3.21. The van der Waals surface area contributed by atoms with Gasteiger partial charge in [-0.2, -0.15) is 4.98 Å². The van der Waals surface area contributed by atoms with Crippen LogP contribution in [0.5, 0.6) is 11.5 Å². The predicted octanol–water partition coefficient (Wildman–Crippen LogP) is 3.31. The second-order valence-electron chi connectivity index (χ2n) is 6.53. The maximum absolute atomic E-state index is 13.8. The van der Waals surface area contributed by atoms with Crippen molar-refractivity contribution in [2.45, 2.75) is 12.5 Å². The van der Waals surface area contributed by atoms with Gasteiger partial charge in [0.05, 0.1) is 14.2 Å². The highest BCUT2D eigenvalue weighted by Crippen LogP contribution is 2.31. The molecule has 0 unspecified atom stereocenters. The van der Waals surface area contributed by atoms with Crippen molar-refractivity contribution in [1.82, 2.24) is 9.88 Å². The topological polar surface area (TPSA) is 76.8 Å². The first kappa shape index (κ1) is 18.1. The van der Waals surface area contributed by atoms with Gasteiger partial charge in [-0.3, -0.25) is 4.79 Å². The van der Waals surface area contributed by atoms with Crippen molar-refractivity contribution in [3.05, 3.63) is 47.8 Å². The Kier molecular flexibility index (Phi) is 4.77. The van der Waals surface area contributed by atoms with E-state index in [1.54, 1.807) is 35.2 Å². The molecule has 2 heterocycles. The lowest BCUT2D eigenvalue weighted by Crippen LogP contribution is -2.32. The Bertz CT molecular complexity index is 998. The number of nitrogens with zero attached hydrogens (tertiary/aromatic N) is 2. The molecule has 146 valence electrons. The number of amides is 1. The van der Waals surface area contributed by atoms with E-state index < -0.39 is 5.82 Å². The highest BCUT2D eigenvalue weighted by Gasteiger charge is 2.31. The number of ether oxygens (including phenoxy) is 2. The molecule has 1 saturated heterocycles. The van der Waals surface area contributed by atoms with Gasteiger partial charge in [0.25, 0.3) is 11.9 Å². The van der Waals surface area contributed by atoms with Gasteiger partial charge < -0.3 is 24.1 Å². The molecule has 2 aromatic carbocycles. The number of anilines is 1. The number of likely N-dealkylation sites (tertiary alicyclic amines) is 1. The van der Waals surface area contributed by atoms with E-state index in [1.165, 1.54) is 20.3 Å². The molecule has 4 rings (SSSR count). The number of fused-ring (bicyclic) bond motifs is 1. The van der Waals surface area contributed by atoms with E-state index >= 15 is 0 Å². The van der Waals surface area contributed by atoms with Crippen LogP contribution in [0.15, 0.2) is 40.8 Å². The SMILES string of the molecule is COc1cccc(OC)c1C(=O)N1CC[C@@H](Nc2nc3cccc(F)c3o2)C1. The molecule has 0 bridgehead atoms. The van der Waals surface area contributed by atoms with Crippen LogP contribution < -0.4 is 14.8 Å². The number of methoxy groups -OCH3 is 2. The monoisotopic (exact) mass is 385 g/mol. The van der Waals surface area contributed by atoms with Gasteiger partial charge in [0.1, 0.15) is 22.6 Å². The number of hydrogen-bond donors (Lipinski definition) is 1. The molecule has 3 aromatic rings. The summed E-state index contributed by atoms with van der Waals surface area (Å²) < 4.78 is 29.9. The Morgan fingerprint density at radius 2 is 1.93 bits per heavy atom. The molecule has 1 amide bonds. The van der Waals surface area contributed by atoms with Gasteiger partial charge in [-0.25, -0.2) is 4.39 Å². The van der Waals surface area contributed by atoms with Gasteiger partial charge in [-0.15, -0.1) is 0 Å². The first-order valence-electron chi connectivity index (χ1n) is 8.92. The summed E-state index contributed by atoms with van der Waals surface area (Å²) in [6, 6.07) is 10.0. The van der Waals surface area contributed by atoms with Crippen LogP contribution in [-0.2, 0) is 0 Å². The van der Waals surface area contributed by atoms with Crippen LogP contribution >= 0.6 is 0 Å². The number of rotatable bonds is 5. The molecule has 8 heteroatoms. The van der Waals surface area contributed by atoms with Crippen molar-refractivity contribution in [3.8, 4) is 11.5 Å².